The molecule has 0 saturated carbocycles. The molecule has 2 amide bonds. The summed E-state index contributed by atoms with van der Waals surface area (Å²) >= 11 is 2.72. The second-order valence-electron chi connectivity index (χ2n) is 7.34. The van der Waals surface area contributed by atoms with Crippen molar-refractivity contribution in [2.45, 2.75) is 42.5 Å². The molecule has 0 spiro atoms. The summed E-state index contributed by atoms with van der Waals surface area (Å²) in [6.07, 6.45) is 4.20. The molecule has 1 fully saturated rings. The number of ether oxygens (including phenoxy) is 1. The average Bonchev–Trinajstić information content (AvgIpc) is 3.25. The topological polar surface area (TPSA) is 92.4 Å². The lowest BCUT2D eigenvalue weighted by molar-refractivity contribution is -0.121. The minimum absolute atomic E-state index is 0.0677. The van der Waals surface area contributed by atoms with Gasteiger partial charge in [0, 0.05) is 11.3 Å². The number of hydrogen-bond acceptors (Lipinski definition) is 7. The Bertz CT molecular complexity index is 1220. The number of hydrogen-bond donors (Lipinski definition) is 1. The highest BCUT2D eigenvalue weighted by atomic mass is 32.2. The number of imide groups is 1. The molecule has 1 unspecified atom stereocenters. The van der Waals surface area contributed by atoms with E-state index in [2.05, 4.69) is 9.97 Å². The zero-order chi connectivity index (χ0) is 20.8. The van der Waals surface area contributed by atoms with Gasteiger partial charge in [-0.2, -0.15) is 0 Å². The molecule has 1 N–H and O–H groups in total. The van der Waals surface area contributed by atoms with Gasteiger partial charge in [0.05, 0.1) is 18.2 Å². The van der Waals surface area contributed by atoms with Crippen LogP contribution >= 0.6 is 23.1 Å². The number of carbonyl (C=O) groups excluding carboxylic acids is 2. The SMILES string of the molecule is COc1ccc(N2C(=O)CC(Sc3nc4sc5c(c4c(=O)[nH]3)CCCC5)C2=O)cc1. The van der Waals surface area contributed by atoms with E-state index in [-0.39, 0.29) is 23.8 Å². The molecule has 1 atom stereocenters. The molecule has 9 heteroatoms. The van der Waals surface area contributed by atoms with Crippen molar-refractivity contribution < 1.29 is 14.3 Å². The molecule has 7 nitrogen and oxygen atoms in total. The molecule has 3 aromatic rings. The fourth-order valence-corrected chi connectivity index (χ4v) is 6.35. The number of aromatic amines is 1. The molecule has 2 aliphatic rings. The van der Waals surface area contributed by atoms with E-state index in [9.17, 15) is 14.4 Å². The molecule has 1 aromatic carbocycles. The van der Waals surface area contributed by atoms with Crippen LogP contribution in [0.4, 0.5) is 5.69 Å². The van der Waals surface area contributed by atoms with E-state index in [0.717, 1.165) is 47.8 Å². The van der Waals surface area contributed by atoms with Gasteiger partial charge in [0.1, 0.15) is 15.8 Å². The third-order valence-electron chi connectivity index (χ3n) is 5.49. The third-order valence-corrected chi connectivity index (χ3v) is 7.75. The van der Waals surface area contributed by atoms with Crippen LogP contribution in [0.1, 0.15) is 29.7 Å². The third kappa shape index (κ3) is 3.22. The number of benzene rings is 1. The van der Waals surface area contributed by atoms with Crippen LogP contribution in [-0.4, -0.2) is 34.1 Å². The van der Waals surface area contributed by atoms with Crippen LogP contribution in [0.25, 0.3) is 10.2 Å². The van der Waals surface area contributed by atoms with Crippen LogP contribution in [0.2, 0.25) is 0 Å². The highest BCUT2D eigenvalue weighted by molar-refractivity contribution is 8.00. The number of aryl methyl sites for hydroxylation is 2. The normalized spacial score (nSPS) is 18.8. The standard InChI is InChI=1S/C21H19N3O4S2/c1-28-12-8-6-11(7-9-12)24-16(25)10-15(20(24)27)30-21-22-18(26)17-13-4-2-3-5-14(13)29-19(17)23-21/h6-9,15H,2-5,10H2,1H3,(H,22,23,26). The first-order valence-electron chi connectivity index (χ1n) is 9.77. The van der Waals surface area contributed by atoms with Gasteiger partial charge in [-0.05, 0) is 55.5 Å². The first kappa shape index (κ1) is 19.3. The summed E-state index contributed by atoms with van der Waals surface area (Å²) < 4.78 is 5.13. The van der Waals surface area contributed by atoms with Crippen molar-refractivity contribution in [2.75, 3.05) is 12.0 Å². The average molecular weight is 442 g/mol. The van der Waals surface area contributed by atoms with Crippen molar-refractivity contribution in [3.05, 3.63) is 45.1 Å². The van der Waals surface area contributed by atoms with E-state index in [4.69, 9.17) is 4.74 Å². The van der Waals surface area contributed by atoms with E-state index < -0.39 is 5.25 Å². The Morgan fingerprint density at radius 1 is 1.17 bits per heavy atom. The maximum absolute atomic E-state index is 12.9. The van der Waals surface area contributed by atoms with Crippen molar-refractivity contribution in [3.63, 3.8) is 0 Å². The lowest BCUT2D eigenvalue weighted by Crippen LogP contribution is -2.31. The Morgan fingerprint density at radius 3 is 2.70 bits per heavy atom. The van der Waals surface area contributed by atoms with Crippen molar-refractivity contribution in [1.82, 2.24) is 9.97 Å². The summed E-state index contributed by atoms with van der Waals surface area (Å²) in [5.41, 5.74) is 1.48. The number of thioether (sulfide) groups is 1. The minimum atomic E-state index is -0.616. The number of aromatic nitrogens is 2. The maximum atomic E-state index is 12.9. The number of nitrogens with zero attached hydrogens (tertiary/aromatic N) is 2. The number of rotatable bonds is 4. The van der Waals surface area contributed by atoms with Gasteiger partial charge < -0.3 is 9.72 Å². The number of thiophene rings is 1. The number of H-pyrrole nitrogens is 1. The Balaban J connectivity index is 1.41. The van der Waals surface area contributed by atoms with Gasteiger partial charge in [0.15, 0.2) is 5.16 Å². The van der Waals surface area contributed by atoms with Crippen molar-refractivity contribution in [3.8, 4) is 5.75 Å². The fourth-order valence-electron chi connectivity index (χ4n) is 4.03. The summed E-state index contributed by atoms with van der Waals surface area (Å²) in [5.74, 6) is 0.0820. The van der Waals surface area contributed by atoms with Gasteiger partial charge >= 0.3 is 0 Å². The summed E-state index contributed by atoms with van der Waals surface area (Å²) in [4.78, 5) is 48.8. The molecule has 1 aliphatic carbocycles. The van der Waals surface area contributed by atoms with Gasteiger partial charge in [0.2, 0.25) is 11.8 Å². The number of carbonyl (C=O) groups is 2. The fraction of sp³-hybridized carbons (Fsp3) is 0.333. The van der Waals surface area contributed by atoms with E-state index in [1.165, 1.54) is 9.78 Å². The molecule has 154 valence electrons. The molecular weight excluding hydrogens is 422 g/mol. The molecule has 0 bridgehead atoms. The van der Waals surface area contributed by atoms with Crippen molar-refractivity contribution >= 4 is 50.8 Å². The summed E-state index contributed by atoms with van der Waals surface area (Å²) in [7, 11) is 1.56. The monoisotopic (exact) mass is 441 g/mol. The number of nitrogens with one attached hydrogen (secondary N) is 1. The highest BCUT2D eigenvalue weighted by Crippen LogP contribution is 2.36. The number of methoxy groups -OCH3 is 1. The molecule has 3 heterocycles. The van der Waals surface area contributed by atoms with Crippen molar-refractivity contribution in [1.29, 1.82) is 0 Å². The van der Waals surface area contributed by atoms with Crippen LogP contribution in [0, 0.1) is 0 Å². The Morgan fingerprint density at radius 2 is 1.93 bits per heavy atom. The van der Waals surface area contributed by atoms with E-state index in [1.54, 1.807) is 42.7 Å². The summed E-state index contributed by atoms with van der Waals surface area (Å²) in [6.45, 7) is 0. The molecular formula is C21H19N3O4S2. The second-order valence-corrected chi connectivity index (χ2v) is 9.61. The van der Waals surface area contributed by atoms with Gasteiger partial charge in [-0.25, -0.2) is 9.88 Å². The number of anilines is 1. The first-order chi connectivity index (χ1) is 14.5. The van der Waals surface area contributed by atoms with E-state index in [0.29, 0.717) is 22.0 Å². The quantitative estimate of drug-likeness (QED) is 0.493. The van der Waals surface area contributed by atoms with E-state index >= 15 is 0 Å². The molecule has 1 aliphatic heterocycles. The smallest absolute Gasteiger partial charge is 0.260 e. The Labute approximate surface area is 180 Å². The Kier molecular flexibility index (Phi) is 4.86. The van der Waals surface area contributed by atoms with Gasteiger partial charge in [-0.15, -0.1) is 11.3 Å². The van der Waals surface area contributed by atoms with Crippen LogP contribution in [0.5, 0.6) is 5.75 Å². The lowest BCUT2D eigenvalue weighted by atomic mass is 9.97. The zero-order valence-corrected chi connectivity index (χ0v) is 17.9. The van der Waals surface area contributed by atoms with Gasteiger partial charge in [0.25, 0.3) is 5.56 Å². The predicted molar refractivity (Wildman–Crippen MR) is 117 cm³/mol. The minimum Gasteiger partial charge on any atom is -0.497 e. The second kappa shape index (κ2) is 7.55. The number of amides is 2. The first-order valence-corrected chi connectivity index (χ1v) is 11.5. The highest BCUT2D eigenvalue weighted by Gasteiger charge is 2.40. The van der Waals surface area contributed by atoms with Gasteiger partial charge in [-0.1, -0.05) is 11.8 Å². The molecule has 2 aromatic heterocycles. The van der Waals surface area contributed by atoms with E-state index in [1.807, 2.05) is 0 Å². The van der Waals surface area contributed by atoms with Gasteiger partial charge in [-0.3, -0.25) is 14.4 Å². The molecule has 1 saturated heterocycles. The largest absolute Gasteiger partial charge is 0.497 e. The van der Waals surface area contributed by atoms with Crippen LogP contribution in [0.15, 0.2) is 34.2 Å². The zero-order valence-electron chi connectivity index (χ0n) is 16.3. The predicted octanol–water partition coefficient (Wildman–Crippen LogP) is 3.30. The van der Waals surface area contributed by atoms with Crippen LogP contribution < -0.4 is 15.2 Å². The summed E-state index contributed by atoms with van der Waals surface area (Å²) in [6, 6.07) is 6.79. The molecule has 5 rings (SSSR count). The lowest BCUT2D eigenvalue weighted by Gasteiger charge is -2.15. The Hall–Kier alpha value is -2.65. The maximum Gasteiger partial charge on any atom is 0.260 e. The number of fused-ring (bicyclic) bond motifs is 3. The van der Waals surface area contributed by atoms with Crippen LogP contribution in [0.3, 0.4) is 0 Å². The summed E-state index contributed by atoms with van der Waals surface area (Å²) in [5, 5.41) is 0.455. The van der Waals surface area contributed by atoms with Crippen LogP contribution in [-0.2, 0) is 22.4 Å². The van der Waals surface area contributed by atoms with Crippen molar-refractivity contribution in [2.24, 2.45) is 0 Å². The molecule has 0 radical (unpaired) electrons. The molecule has 30 heavy (non-hydrogen) atoms.